The van der Waals surface area contributed by atoms with Crippen molar-refractivity contribution < 1.29 is 23.4 Å². The van der Waals surface area contributed by atoms with Gasteiger partial charge in [-0.25, -0.2) is 0 Å². The molecule has 31 heavy (non-hydrogen) atoms. The maximum absolute atomic E-state index is 12.8. The molecule has 6 nitrogen and oxygen atoms in total. The van der Waals surface area contributed by atoms with Gasteiger partial charge in [-0.05, 0) is 64.5 Å². The predicted octanol–water partition coefficient (Wildman–Crippen LogP) is 5.62. The number of ether oxygens (including phenoxy) is 3. The number of carbonyl (C=O) groups is 1. The molecule has 0 amide bonds. The first-order valence-electron chi connectivity index (χ1n) is 9.33. The average Bonchev–Trinajstić information content (AvgIpc) is 2.80. The van der Waals surface area contributed by atoms with E-state index in [9.17, 15) is 9.59 Å². The van der Waals surface area contributed by atoms with Crippen LogP contribution in [0.1, 0.15) is 10.4 Å². The highest BCUT2D eigenvalue weighted by atomic mass is 79.9. The largest absolute Gasteiger partial charge is 0.497 e. The van der Waals surface area contributed by atoms with Crippen molar-refractivity contribution in [2.24, 2.45) is 0 Å². The molecule has 0 aliphatic rings. The minimum absolute atomic E-state index is 0.0720. The van der Waals surface area contributed by atoms with Crippen molar-refractivity contribution in [2.75, 3.05) is 13.7 Å². The first-order valence-corrected chi connectivity index (χ1v) is 10.1. The molecule has 4 rings (SSSR count). The van der Waals surface area contributed by atoms with Gasteiger partial charge in [-0.2, -0.15) is 0 Å². The Morgan fingerprint density at radius 3 is 2.45 bits per heavy atom. The molecule has 3 aromatic carbocycles. The van der Waals surface area contributed by atoms with Crippen molar-refractivity contribution in [3.8, 4) is 23.0 Å². The Labute approximate surface area is 186 Å². The van der Waals surface area contributed by atoms with Crippen LogP contribution in [0.25, 0.3) is 11.0 Å². The molecule has 0 aliphatic heterocycles. The third-order valence-electron chi connectivity index (χ3n) is 4.55. The number of carbonyl (C=O) groups excluding carboxylic acids is 1. The highest BCUT2D eigenvalue weighted by Crippen LogP contribution is 2.29. The van der Waals surface area contributed by atoms with Gasteiger partial charge in [-0.15, -0.1) is 0 Å². The van der Waals surface area contributed by atoms with Gasteiger partial charge in [0.05, 0.1) is 17.0 Å². The van der Waals surface area contributed by atoms with Crippen LogP contribution in [0.4, 0.5) is 0 Å². The molecule has 7 heteroatoms. The van der Waals surface area contributed by atoms with E-state index in [4.69, 9.17) is 18.6 Å². The van der Waals surface area contributed by atoms with Gasteiger partial charge >= 0.3 is 0 Å². The van der Waals surface area contributed by atoms with Crippen molar-refractivity contribution in [1.29, 1.82) is 0 Å². The molecule has 4 aromatic rings. The van der Waals surface area contributed by atoms with Gasteiger partial charge in [0.15, 0.2) is 12.4 Å². The monoisotopic (exact) mass is 480 g/mol. The second kappa shape index (κ2) is 9.06. The van der Waals surface area contributed by atoms with E-state index in [0.29, 0.717) is 33.8 Å². The summed E-state index contributed by atoms with van der Waals surface area (Å²) in [5.41, 5.74) is 0.540. The number of fused-ring (bicyclic) bond motifs is 1. The van der Waals surface area contributed by atoms with E-state index in [1.54, 1.807) is 61.7 Å². The molecular weight excluding hydrogens is 464 g/mol. The minimum atomic E-state index is -0.308. The van der Waals surface area contributed by atoms with Gasteiger partial charge in [0.25, 0.3) is 0 Å². The molecule has 0 saturated carbocycles. The zero-order valence-electron chi connectivity index (χ0n) is 16.5. The van der Waals surface area contributed by atoms with E-state index >= 15 is 0 Å². The van der Waals surface area contributed by atoms with E-state index in [-0.39, 0.29) is 23.6 Å². The van der Waals surface area contributed by atoms with Crippen LogP contribution >= 0.6 is 15.9 Å². The molecular formula is C24H17BrO6. The standard InChI is InChI=1S/C24H17BrO6/c1-28-16-8-6-15(7-9-16)20(26)13-29-17-10-11-18-22(12-17)30-14-23(24(18)27)31-21-5-3-2-4-19(21)25/h2-12,14H,13H2,1H3. The fourth-order valence-electron chi connectivity index (χ4n) is 2.91. The Bertz CT molecular complexity index is 1290. The van der Waals surface area contributed by atoms with Crippen LogP contribution in [0.5, 0.6) is 23.0 Å². The number of ketones is 1. The fraction of sp³-hybridized carbons (Fsp3) is 0.0833. The number of halogens is 1. The maximum atomic E-state index is 12.8. The van der Waals surface area contributed by atoms with E-state index in [0.717, 1.165) is 4.47 Å². The van der Waals surface area contributed by atoms with E-state index in [2.05, 4.69) is 15.9 Å². The summed E-state index contributed by atoms with van der Waals surface area (Å²) in [5.74, 6) is 1.48. The third kappa shape index (κ3) is 4.62. The van der Waals surface area contributed by atoms with Crippen LogP contribution in [0.2, 0.25) is 0 Å². The van der Waals surface area contributed by atoms with Crippen molar-refractivity contribution in [2.45, 2.75) is 0 Å². The number of benzene rings is 3. The fourth-order valence-corrected chi connectivity index (χ4v) is 3.27. The molecule has 0 bridgehead atoms. The van der Waals surface area contributed by atoms with Gasteiger partial charge in [-0.3, -0.25) is 9.59 Å². The molecule has 1 heterocycles. The van der Waals surface area contributed by atoms with Gasteiger partial charge in [0.1, 0.15) is 29.1 Å². The number of hydrogen-bond donors (Lipinski definition) is 0. The zero-order valence-corrected chi connectivity index (χ0v) is 18.0. The Balaban J connectivity index is 1.50. The normalized spacial score (nSPS) is 10.6. The highest BCUT2D eigenvalue weighted by molar-refractivity contribution is 9.10. The van der Waals surface area contributed by atoms with Crippen LogP contribution < -0.4 is 19.6 Å². The van der Waals surface area contributed by atoms with Crippen LogP contribution in [0.15, 0.2) is 86.7 Å². The predicted molar refractivity (Wildman–Crippen MR) is 120 cm³/mol. The first kappa shape index (κ1) is 20.7. The van der Waals surface area contributed by atoms with Crippen molar-refractivity contribution >= 4 is 32.7 Å². The summed E-state index contributed by atoms with van der Waals surface area (Å²) in [6.07, 6.45) is 1.26. The Hall–Kier alpha value is -3.58. The molecule has 0 aliphatic carbocycles. The summed E-state index contributed by atoms with van der Waals surface area (Å²) in [5, 5.41) is 0.346. The van der Waals surface area contributed by atoms with Crippen molar-refractivity contribution in [3.63, 3.8) is 0 Å². The Kier molecular flexibility index (Phi) is 6.04. The van der Waals surface area contributed by atoms with Gasteiger partial charge in [0.2, 0.25) is 11.2 Å². The molecule has 0 saturated heterocycles. The smallest absolute Gasteiger partial charge is 0.235 e. The SMILES string of the molecule is COc1ccc(C(=O)COc2ccc3c(=O)c(Oc4ccccc4Br)coc3c2)cc1. The molecule has 1 aromatic heterocycles. The lowest BCUT2D eigenvalue weighted by Gasteiger charge is -2.09. The number of para-hydroxylation sites is 1. The molecule has 0 spiro atoms. The van der Waals surface area contributed by atoms with Crippen LogP contribution in [0.3, 0.4) is 0 Å². The Morgan fingerprint density at radius 2 is 1.71 bits per heavy atom. The lowest BCUT2D eigenvalue weighted by Crippen LogP contribution is -2.11. The summed E-state index contributed by atoms with van der Waals surface area (Å²) in [4.78, 5) is 25.1. The summed E-state index contributed by atoms with van der Waals surface area (Å²) in [6.45, 7) is -0.148. The second-order valence-electron chi connectivity index (χ2n) is 6.56. The van der Waals surface area contributed by atoms with Gasteiger partial charge in [-0.1, -0.05) is 12.1 Å². The topological polar surface area (TPSA) is 75.0 Å². The van der Waals surface area contributed by atoms with E-state index < -0.39 is 0 Å². The second-order valence-corrected chi connectivity index (χ2v) is 7.41. The number of rotatable bonds is 7. The van der Waals surface area contributed by atoms with Crippen LogP contribution in [0, 0.1) is 0 Å². The lowest BCUT2D eigenvalue weighted by molar-refractivity contribution is 0.0921. The number of Topliss-reactive ketones (excluding diaryl/α,β-unsaturated/α-hetero) is 1. The van der Waals surface area contributed by atoms with Crippen LogP contribution in [-0.2, 0) is 0 Å². The lowest BCUT2D eigenvalue weighted by atomic mass is 10.1. The molecule has 156 valence electrons. The molecule has 0 N–H and O–H groups in total. The Morgan fingerprint density at radius 1 is 0.968 bits per heavy atom. The molecule has 0 radical (unpaired) electrons. The average molecular weight is 481 g/mol. The number of methoxy groups -OCH3 is 1. The minimum Gasteiger partial charge on any atom is -0.497 e. The quantitative estimate of drug-likeness (QED) is 0.319. The molecule has 0 fully saturated rings. The summed E-state index contributed by atoms with van der Waals surface area (Å²) >= 11 is 3.38. The highest BCUT2D eigenvalue weighted by Gasteiger charge is 2.13. The third-order valence-corrected chi connectivity index (χ3v) is 5.21. The van der Waals surface area contributed by atoms with Gasteiger partial charge in [0, 0.05) is 11.6 Å². The van der Waals surface area contributed by atoms with Gasteiger partial charge < -0.3 is 18.6 Å². The first-order chi connectivity index (χ1) is 15.0. The van der Waals surface area contributed by atoms with E-state index in [1.807, 2.05) is 12.1 Å². The maximum Gasteiger partial charge on any atom is 0.235 e. The summed E-state index contributed by atoms with van der Waals surface area (Å²) in [6, 6.07) is 18.8. The molecule has 0 unspecified atom stereocenters. The summed E-state index contributed by atoms with van der Waals surface area (Å²) in [7, 11) is 1.56. The van der Waals surface area contributed by atoms with Crippen molar-refractivity contribution in [3.05, 3.63) is 93.3 Å². The number of hydrogen-bond acceptors (Lipinski definition) is 6. The molecule has 0 atom stereocenters. The zero-order chi connectivity index (χ0) is 21.8. The van der Waals surface area contributed by atoms with Crippen LogP contribution in [-0.4, -0.2) is 19.5 Å². The van der Waals surface area contributed by atoms with E-state index in [1.165, 1.54) is 6.26 Å². The summed E-state index contributed by atoms with van der Waals surface area (Å²) < 4.78 is 22.7. The van der Waals surface area contributed by atoms with Crippen molar-refractivity contribution in [1.82, 2.24) is 0 Å².